The van der Waals surface area contributed by atoms with Gasteiger partial charge in [0.05, 0.1) is 32.0 Å². The molecule has 1 aromatic heterocycles. The first-order valence-electron chi connectivity index (χ1n) is 9.99. The van der Waals surface area contributed by atoms with E-state index in [9.17, 15) is 23.1 Å². The van der Waals surface area contributed by atoms with Crippen molar-refractivity contribution in [2.24, 2.45) is 0 Å². The quantitative estimate of drug-likeness (QED) is 0.500. The van der Waals surface area contributed by atoms with Gasteiger partial charge in [-0.15, -0.1) is 0 Å². The molecular weight excluding hydrogens is 459 g/mol. The molecule has 0 saturated carbocycles. The first kappa shape index (κ1) is 22.9. The average Bonchev–Trinajstić information content (AvgIpc) is 2.77. The van der Waals surface area contributed by atoms with E-state index < -0.39 is 29.2 Å². The molecule has 11 heteroatoms. The number of aromatic nitrogens is 2. The molecule has 0 unspecified atom stereocenters. The maximum atomic E-state index is 13.2. The fourth-order valence-corrected chi connectivity index (χ4v) is 4.41. The topological polar surface area (TPSA) is 93.1 Å². The van der Waals surface area contributed by atoms with Crippen molar-refractivity contribution in [2.75, 3.05) is 20.8 Å². The maximum absolute atomic E-state index is 13.2. The second-order valence-corrected chi connectivity index (χ2v) is 7.92. The van der Waals surface area contributed by atoms with Gasteiger partial charge in [-0.05, 0) is 48.1 Å². The average molecular weight is 480 g/mol. The molecular formula is C22H21F3N3O4S+. The number of hydrogen-bond donors (Lipinski definition) is 3. The summed E-state index contributed by atoms with van der Waals surface area (Å²) < 4.78 is 51.3. The molecule has 2 aromatic carbocycles. The second kappa shape index (κ2) is 8.56. The van der Waals surface area contributed by atoms with Crippen molar-refractivity contribution >= 4 is 12.2 Å². The van der Waals surface area contributed by atoms with Crippen LogP contribution in [-0.2, 0) is 12.6 Å². The molecule has 0 fully saturated rings. The number of ether oxygens (including phenoxy) is 2. The molecule has 1 aliphatic heterocycles. The number of nitrogens with two attached hydrogens (primary N) is 1. The Bertz CT molecular complexity index is 1330. The van der Waals surface area contributed by atoms with E-state index >= 15 is 0 Å². The third-order valence-electron chi connectivity index (χ3n) is 5.66. The van der Waals surface area contributed by atoms with E-state index in [1.54, 1.807) is 6.07 Å². The van der Waals surface area contributed by atoms with Crippen LogP contribution < -0.4 is 20.3 Å². The Morgan fingerprint density at radius 1 is 1.18 bits per heavy atom. The molecule has 1 aliphatic rings. The lowest BCUT2D eigenvalue weighted by Gasteiger charge is -2.26. The van der Waals surface area contributed by atoms with Crippen molar-refractivity contribution in [2.45, 2.75) is 18.6 Å². The van der Waals surface area contributed by atoms with Gasteiger partial charge in [-0.1, -0.05) is 6.07 Å². The number of alkyl halides is 3. The summed E-state index contributed by atoms with van der Waals surface area (Å²) in [6, 6.07) is 7.30. The molecule has 0 aliphatic carbocycles. The molecule has 4 N–H and O–H groups in total. The minimum atomic E-state index is -4.58. The van der Waals surface area contributed by atoms with Gasteiger partial charge in [-0.2, -0.15) is 13.2 Å². The summed E-state index contributed by atoms with van der Waals surface area (Å²) in [7, 11) is 3.01. The van der Waals surface area contributed by atoms with Gasteiger partial charge in [-0.25, -0.2) is 0 Å². The number of aromatic amines is 1. The van der Waals surface area contributed by atoms with E-state index in [4.69, 9.17) is 21.7 Å². The standard InChI is InChI=1S/C22H20F3N3O4S/c1-31-15-8-11-6-7-26-18(14(11)10-16(15)32-2)17-19(29)27-21(33)28(20(17)30)13-5-3-4-12(9-13)22(23,24)25/h3-5,8-10,18,26,30H,6-7H2,1-2H3,(H,27,29,33)/p+1/t18-/m1/s1. The molecule has 7 nitrogen and oxygen atoms in total. The van der Waals surface area contributed by atoms with Crippen LogP contribution in [0.2, 0.25) is 0 Å². The van der Waals surface area contributed by atoms with Gasteiger partial charge in [0.1, 0.15) is 11.6 Å². The fraction of sp³-hybridized carbons (Fsp3) is 0.273. The molecule has 174 valence electrons. The third-order valence-corrected chi connectivity index (χ3v) is 5.94. The summed E-state index contributed by atoms with van der Waals surface area (Å²) in [6.45, 7) is 0.616. The zero-order valence-electron chi connectivity index (χ0n) is 17.7. The van der Waals surface area contributed by atoms with Crippen molar-refractivity contribution in [3.05, 3.63) is 73.8 Å². The van der Waals surface area contributed by atoms with Crippen LogP contribution in [0.15, 0.2) is 41.2 Å². The summed E-state index contributed by atoms with van der Waals surface area (Å²) in [6.07, 6.45) is -3.89. The number of rotatable bonds is 4. The predicted molar refractivity (Wildman–Crippen MR) is 116 cm³/mol. The summed E-state index contributed by atoms with van der Waals surface area (Å²) in [5, 5.41) is 13.0. The van der Waals surface area contributed by atoms with Crippen molar-refractivity contribution in [1.82, 2.24) is 9.55 Å². The predicted octanol–water partition coefficient (Wildman–Crippen LogP) is 2.85. The Morgan fingerprint density at radius 3 is 2.55 bits per heavy atom. The highest BCUT2D eigenvalue weighted by Gasteiger charge is 2.34. The lowest BCUT2D eigenvalue weighted by molar-refractivity contribution is -0.690. The van der Waals surface area contributed by atoms with Crippen LogP contribution in [-0.4, -0.2) is 35.4 Å². The first-order chi connectivity index (χ1) is 15.7. The molecule has 33 heavy (non-hydrogen) atoms. The number of H-pyrrole nitrogens is 1. The normalized spacial score (nSPS) is 15.7. The highest BCUT2D eigenvalue weighted by Crippen LogP contribution is 2.37. The molecule has 1 atom stereocenters. The number of hydrogen-bond acceptors (Lipinski definition) is 5. The van der Waals surface area contributed by atoms with E-state index in [1.807, 2.05) is 11.4 Å². The smallest absolute Gasteiger partial charge is 0.416 e. The summed E-state index contributed by atoms with van der Waals surface area (Å²) >= 11 is 5.18. The Balaban J connectivity index is 1.92. The van der Waals surface area contributed by atoms with Gasteiger partial charge in [-0.3, -0.25) is 14.3 Å². The monoisotopic (exact) mass is 480 g/mol. The third kappa shape index (κ3) is 4.09. The fourth-order valence-electron chi connectivity index (χ4n) is 4.13. The Hall–Kier alpha value is -3.31. The molecule has 3 aromatic rings. The number of methoxy groups -OCH3 is 2. The van der Waals surface area contributed by atoms with Gasteiger partial charge < -0.3 is 19.9 Å². The minimum absolute atomic E-state index is 0.0193. The van der Waals surface area contributed by atoms with E-state index in [0.29, 0.717) is 24.5 Å². The lowest BCUT2D eigenvalue weighted by Crippen LogP contribution is -2.87. The van der Waals surface area contributed by atoms with E-state index in [-0.39, 0.29) is 16.0 Å². The largest absolute Gasteiger partial charge is 0.494 e. The van der Waals surface area contributed by atoms with Crippen molar-refractivity contribution in [3.8, 4) is 23.1 Å². The zero-order valence-corrected chi connectivity index (χ0v) is 18.5. The van der Waals surface area contributed by atoms with Crippen LogP contribution in [0.3, 0.4) is 0 Å². The van der Waals surface area contributed by atoms with Gasteiger partial charge in [0.25, 0.3) is 5.56 Å². The summed E-state index contributed by atoms with van der Waals surface area (Å²) in [4.78, 5) is 15.4. The van der Waals surface area contributed by atoms with Crippen molar-refractivity contribution in [3.63, 3.8) is 0 Å². The number of benzene rings is 2. The van der Waals surface area contributed by atoms with Gasteiger partial charge >= 0.3 is 6.18 Å². The number of halogens is 3. The van der Waals surface area contributed by atoms with E-state index in [2.05, 4.69) is 4.98 Å². The van der Waals surface area contributed by atoms with Crippen molar-refractivity contribution in [1.29, 1.82) is 0 Å². The Kier molecular flexibility index (Phi) is 5.93. The van der Waals surface area contributed by atoms with Crippen LogP contribution in [0.5, 0.6) is 17.4 Å². The highest BCUT2D eigenvalue weighted by molar-refractivity contribution is 7.71. The number of aromatic hydroxyl groups is 1. The van der Waals surface area contributed by atoms with Crippen LogP contribution in [0.1, 0.15) is 28.3 Å². The molecule has 0 saturated heterocycles. The van der Waals surface area contributed by atoms with Gasteiger partial charge in [0, 0.05) is 12.0 Å². The first-order valence-corrected chi connectivity index (χ1v) is 10.4. The van der Waals surface area contributed by atoms with Crippen molar-refractivity contribution < 1.29 is 33.1 Å². The van der Waals surface area contributed by atoms with Crippen LogP contribution >= 0.6 is 12.2 Å². The summed E-state index contributed by atoms with van der Waals surface area (Å²) in [5.74, 6) is 0.472. The van der Waals surface area contributed by atoms with E-state index in [0.717, 1.165) is 27.8 Å². The molecule has 0 spiro atoms. The van der Waals surface area contributed by atoms with Gasteiger partial charge in [0.15, 0.2) is 16.3 Å². The van der Waals surface area contributed by atoms with Gasteiger partial charge in [0.2, 0.25) is 5.88 Å². The maximum Gasteiger partial charge on any atom is 0.416 e. The van der Waals surface area contributed by atoms with E-state index in [1.165, 1.54) is 26.4 Å². The molecule has 0 amide bonds. The van der Waals surface area contributed by atoms with Crippen LogP contribution in [0, 0.1) is 4.77 Å². The lowest BCUT2D eigenvalue weighted by atomic mass is 9.90. The molecule has 2 heterocycles. The Morgan fingerprint density at radius 2 is 1.88 bits per heavy atom. The minimum Gasteiger partial charge on any atom is -0.494 e. The Labute approximate surface area is 191 Å². The molecule has 0 bridgehead atoms. The number of quaternary nitrogens is 1. The zero-order chi connectivity index (χ0) is 23.9. The molecule has 4 rings (SSSR count). The van der Waals surface area contributed by atoms with Crippen LogP contribution in [0.25, 0.3) is 5.69 Å². The number of nitrogens with one attached hydrogen (secondary N) is 1. The number of fused-ring (bicyclic) bond motifs is 1. The summed E-state index contributed by atoms with van der Waals surface area (Å²) in [5.41, 5.74) is 0.0758. The highest BCUT2D eigenvalue weighted by atomic mass is 32.1. The second-order valence-electron chi connectivity index (χ2n) is 7.54. The van der Waals surface area contributed by atoms with Crippen LogP contribution in [0.4, 0.5) is 13.2 Å². The SMILES string of the molecule is COc1cc2c(cc1OC)[C@H](c1c(O)n(-c3cccc(C(F)(F)F)c3)c(=S)[nH]c1=O)[NH2+]CC2. The molecule has 0 radical (unpaired) electrons. The number of nitrogens with zero attached hydrogens (tertiary/aromatic N) is 1.